The van der Waals surface area contributed by atoms with Crippen molar-refractivity contribution in [3.05, 3.63) is 23.8 Å². The second-order valence-corrected chi connectivity index (χ2v) is 6.27. The quantitative estimate of drug-likeness (QED) is 0.898. The lowest BCUT2D eigenvalue weighted by Gasteiger charge is -2.44. The lowest BCUT2D eigenvalue weighted by molar-refractivity contribution is 0.0258. The number of nitrogens with zero attached hydrogens (tertiary/aromatic N) is 1. The van der Waals surface area contributed by atoms with E-state index < -0.39 is 0 Å². The Kier molecular flexibility index (Phi) is 3.61. The highest BCUT2D eigenvalue weighted by Gasteiger charge is 2.37. The standard InChI is InChI=1S/C16H24N2O2/c1-16(2)11-14(18-8-6-17-7-9-18)13-10-12(19-3)4-5-15(13)20-16/h4-5,10,14,17H,6-9,11H2,1-3H3. The van der Waals surface area contributed by atoms with Crippen LogP contribution in [0.25, 0.3) is 0 Å². The van der Waals surface area contributed by atoms with Crippen molar-refractivity contribution in [2.45, 2.75) is 31.9 Å². The van der Waals surface area contributed by atoms with Crippen molar-refractivity contribution in [2.75, 3.05) is 33.3 Å². The maximum atomic E-state index is 6.14. The van der Waals surface area contributed by atoms with E-state index in [1.54, 1.807) is 7.11 Å². The predicted molar refractivity (Wildman–Crippen MR) is 79.5 cm³/mol. The smallest absolute Gasteiger partial charge is 0.125 e. The molecule has 110 valence electrons. The summed E-state index contributed by atoms with van der Waals surface area (Å²) >= 11 is 0. The van der Waals surface area contributed by atoms with Crippen molar-refractivity contribution in [3.8, 4) is 11.5 Å². The van der Waals surface area contributed by atoms with E-state index in [0.717, 1.165) is 44.1 Å². The third kappa shape index (κ3) is 2.63. The Morgan fingerprint density at radius 2 is 2.05 bits per heavy atom. The molecule has 4 heteroatoms. The van der Waals surface area contributed by atoms with Crippen LogP contribution in [0.1, 0.15) is 31.9 Å². The second kappa shape index (κ2) is 5.26. The summed E-state index contributed by atoms with van der Waals surface area (Å²) in [6.07, 6.45) is 1.02. The lowest BCUT2D eigenvalue weighted by Crippen LogP contribution is -2.48. The number of fused-ring (bicyclic) bond motifs is 1. The summed E-state index contributed by atoms with van der Waals surface area (Å²) in [5.74, 6) is 1.91. The van der Waals surface area contributed by atoms with Gasteiger partial charge in [0.05, 0.1) is 7.11 Å². The molecule has 3 rings (SSSR count). The molecule has 4 nitrogen and oxygen atoms in total. The summed E-state index contributed by atoms with van der Waals surface area (Å²) in [4.78, 5) is 2.57. The van der Waals surface area contributed by atoms with E-state index in [9.17, 15) is 0 Å². The SMILES string of the molecule is COc1ccc2c(c1)C(N1CCNCC1)CC(C)(C)O2. The Morgan fingerprint density at radius 1 is 1.30 bits per heavy atom. The monoisotopic (exact) mass is 276 g/mol. The Bertz CT molecular complexity index is 481. The van der Waals surface area contributed by atoms with Gasteiger partial charge in [0.2, 0.25) is 0 Å². The highest BCUT2D eigenvalue weighted by atomic mass is 16.5. The van der Waals surface area contributed by atoms with E-state index in [2.05, 4.69) is 30.1 Å². The molecule has 2 heterocycles. The molecule has 0 radical (unpaired) electrons. The van der Waals surface area contributed by atoms with Gasteiger partial charge in [0.15, 0.2) is 0 Å². The van der Waals surface area contributed by atoms with Crippen LogP contribution in [0.5, 0.6) is 11.5 Å². The Balaban J connectivity index is 1.96. The number of piperazine rings is 1. The van der Waals surface area contributed by atoms with Gasteiger partial charge in [-0.3, -0.25) is 4.90 Å². The summed E-state index contributed by atoms with van der Waals surface area (Å²) in [5, 5.41) is 3.42. The van der Waals surface area contributed by atoms with E-state index in [1.807, 2.05) is 12.1 Å². The van der Waals surface area contributed by atoms with Crippen LogP contribution in [0.4, 0.5) is 0 Å². The molecule has 1 unspecified atom stereocenters. The minimum atomic E-state index is -0.114. The Morgan fingerprint density at radius 3 is 2.75 bits per heavy atom. The average Bonchev–Trinajstić information content (AvgIpc) is 2.46. The number of nitrogens with one attached hydrogen (secondary N) is 1. The van der Waals surface area contributed by atoms with Crippen molar-refractivity contribution in [3.63, 3.8) is 0 Å². The topological polar surface area (TPSA) is 33.7 Å². The fraction of sp³-hybridized carbons (Fsp3) is 0.625. The van der Waals surface area contributed by atoms with Crippen LogP contribution in [-0.2, 0) is 0 Å². The molecule has 0 saturated carbocycles. The van der Waals surface area contributed by atoms with E-state index >= 15 is 0 Å². The number of methoxy groups -OCH3 is 1. The Hall–Kier alpha value is -1.26. The first kappa shape index (κ1) is 13.7. The molecular formula is C16H24N2O2. The highest BCUT2D eigenvalue weighted by molar-refractivity contribution is 5.44. The third-order valence-electron chi connectivity index (χ3n) is 4.24. The summed E-state index contributed by atoms with van der Waals surface area (Å²) in [6, 6.07) is 6.59. The van der Waals surface area contributed by atoms with Crippen LogP contribution >= 0.6 is 0 Å². The molecule has 2 aliphatic heterocycles. The fourth-order valence-electron chi connectivity index (χ4n) is 3.24. The van der Waals surface area contributed by atoms with E-state index in [0.29, 0.717) is 6.04 Å². The van der Waals surface area contributed by atoms with Gasteiger partial charge >= 0.3 is 0 Å². The maximum absolute atomic E-state index is 6.14. The van der Waals surface area contributed by atoms with Gasteiger partial charge in [-0.15, -0.1) is 0 Å². The number of ether oxygens (including phenoxy) is 2. The summed E-state index contributed by atoms with van der Waals surface area (Å²) < 4.78 is 11.5. The van der Waals surface area contributed by atoms with Crippen molar-refractivity contribution >= 4 is 0 Å². The van der Waals surface area contributed by atoms with Crippen LogP contribution in [0.3, 0.4) is 0 Å². The minimum absolute atomic E-state index is 0.114. The first-order chi connectivity index (χ1) is 9.59. The molecule has 0 bridgehead atoms. The molecule has 1 fully saturated rings. The highest BCUT2D eigenvalue weighted by Crippen LogP contribution is 2.43. The van der Waals surface area contributed by atoms with Crippen molar-refractivity contribution in [1.29, 1.82) is 0 Å². The van der Waals surface area contributed by atoms with Gasteiger partial charge in [-0.1, -0.05) is 0 Å². The second-order valence-electron chi connectivity index (χ2n) is 6.27. The van der Waals surface area contributed by atoms with Crippen LogP contribution in [0, 0.1) is 0 Å². The zero-order valence-corrected chi connectivity index (χ0v) is 12.6. The van der Waals surface area contributed by atoms with Crippen molar-refractivity contribution < 1.29 is 9.47 Å². The van der Waals surface area contributed by atoms with Crippen LogP contribution in [-0.4, -0.2) is 43.8 Å². The molecule has 1 saturated heterocycles. The molecule has 1 N–H and O–H groups in total. The molecule has 0 spiro atoms. The summed E-state index contributed by atoms with van der Waals surface area (Å²) in [5.41, 5.74) is 1.16. The molecule has 20 heavy (non-hydrogen) atoms. The van der Waals surface area contributed by atoms with E-state index in [4.69, 9.17) is 9.47 Å². The van der Waals surface area contributed by atoms with Gasteiger partial charge in [-0.05, 0) is 32.0 Å². The summed E-state index contributed by atoms with van der Waals surface area (Å²) in [7, 11) is 1.72. The Labute approximate surface area is 121 Å². The molecule has 0 amide bonds. The van der Waals surface area contributed by atoms with Gasteiger partial charge in [0.25, 0.3) is 0 Å². The molecule has 0 aliphatic carbocycles. The van der Waals surface area contributed by atoms with Gasteiger partial charge in [0.1, 0.15) is 17.1 Å². The fourth-order valence-corrected chi connectivity index (χ4v) is 3.24. The molecule has 1 aromatic carbocycles. The van der Waals surface area contributed by atoms with E-state index in [-0.39, 0.29) is 5.60 Å². The zero-order valence-electron chi connectivity index (χ0n) is 12.6. The summed E-state index contributed by atoms with van der Waals surface area (Å²) in [6.45, 7) is 8.67. The normalized spacial score (nSPS) is 25.6. The first-order valence-corrected chi connectivity index (χ1v) is 7.41. The average molecular weight is 276 g/mol. The molecule has 1 aromatic rings. The maximum Gasteiger partial charge on any atom is 0.125 e. The van der Waals surface area contributed by atoms with Crippen LogP contribution < -0.4 is 14.8 Å². The molecule has 0 aromatic heterocycles. The lowest BCUT2D eigenvalue weighted by atomic mass is 9.88. The largest absolute Gasteiger partial charge is 0.497 e. The van der Waals surface area contributed by atoms with Gasteiger partial charge < -0.3 is 14.8 Å². The van der Waals surface area contributed by atoms with E-state index in [1.165, 1.54) is 5.56 Å². The minimum Gasteiger partial charge on any atom is -0.497 e. The number of hydrogen-bond acceptors (Lipinski definition) is 4. The number of benzene rings is 1. The third-order valence-corrected chi connectivity index (χ3v) is 4.24. The predicted octanol–water partition coefficient (Wildman–Crippen LogP) is 2.20. The number of rotatable bonds is 2. The number of hydrogen-bond donors (Lipinski definition) is 1. The van der Waals surface area contributed by atoms with Gasteiger partial charge in [-0.25, -0.2) is 0 Å². The molecule has 2 aliphatic rings. The van der Waals surface area contributed by atoms with Crippen LogP contribution in [0.2, 0.25) is 0 Å². The first-order valence-electron chi connectivity index (χ1n) is 7.41. The zero-order chi connectivity index (χ0) is 14.2. The van der Waals surface area contributed by atoms with Crippen molar-refractivity contribution in [2.24, 2.45) is 0 Å². The van der Waals surface area contributed by atoms with Crippen LogP contribution in [0.15, 0.2) is 18.2 Å². The molecular weight excluding hydrogens is 252 g/mol. The molecule has 1 atom stereocenters. The van der Waals surface area contributed by atoms with Gasteiger partial charge in [-0.2, -0.15) is 0 Å². The van der Waals surface area contributed by atoms with Gasteiger partial charge in [0, 0.05) is 44.2 Å². The van der Waals surface area contributed by atoms with Crippen molar-refractivity contribution in [1.82, 2.24) is 10.2 Å².